The van der Waals surface area contributed by atoms with Crippen molar-refractivity contribution in [2.24, 2.45) is 10.4 Å². The second-order valence-corrected chi connectivity index (χ2v) is 10.0. The summed E-state index contributed by atoms with van der Waals surface area (Å²) in [7, 11) is 0. The Bertz CT molecular complexity index is 1350. The van der Waals surface area contributed by atoms with Crippen molar-refractivity contribution in [3.8, 4) is 0 Å². The molecule has 3 aromatic rings. The number of aliphatic imine (C=N–C) groups is 1. The minimum atomic E-state index is -0.248. The molecule has 2 aromatic carbocycles. The summed E-state index contributed by atoms with van der Waals surface area (Å²) in [5.41, 5.74) is 2.55. The van der Waals surface area contributed by atoms with Gasteiger partial charge in [-0.15, -0.1) is 0 Å². The van der Waals surface area contributed by atoms with E-state index in [1.165, 1.54) is 0 Å². The van der Waals surface area contributed by atoms with Crippen molar-refractivity contribution in [2.75, 3.05) is 0 Å². The molecule has 1 aromatic heterocycles. The van der Waals surface area contributed by atoms with Gasteiger partial charge in [0.05, 0.1) is 28.2 Å². The number of carbonyl (C=O) groups excluding carboxylic acids is 2. The Labute approximate surface area is 198 Å². The minimum absolute atomic E-state index is 0.000468. The van der Waals surface area contributed by atoms with Crippen LogP contribution in [0, 0.1) is 5.41 Å². The van der Waals surface area contributed by atoms with E-state index in [0.717, 1.165) is 22.9 Å². The van der Waals surface area contributed by atoms with Crippen LogP contribution in [0.1, 0.15) is 67.8 Å². The third-order valence-electron chi connectivity index (χ3n) is 6.68. The first-order chi connectivity index (χ1) is 16.3. The summed E-state index contributed by atoms with van der Waals surface area (Å²) in [5.74, 6) is 0.566. The first-order valence-corrected chi connectivity index (χ1v) is 11.8. The van der Waals surface area contributed by atoms with Crippen LogP contribution in [0.4, 0.5) is 5.69 Å². The van der Waals surface area contributed by atoms with Crippen LogP contribution in [0.3, 0.4) is 0 Å². The number of ketones is 2. The van der Waals surface area contributed by atoms with E-state index in [9.17, 15) is 14.7 Å². The van der Waals surface area contributed by atoms with E-state index >= 15 is 0 Å². The molecule has 5 rings (SSSR count). The van der Waals surface area contributed by atoms with Crippen molar-refractivity contribution in [3.63, 3.8) is 0 Å². The summed E-state index contributed by atoms with van der Waals surface area (Å²) < 4.78 is 5.37. The van der Waals surface area contributed by atoms with Gasteiger partial charge in [-0.3, -0.25) is 14.6 Å². The Balaban J connectivity index is 1.51. The van der Waals surface area contributed by atoms with E-state index in [1.807, 2.05) is 56.3 Å². The fourth-order valence-corrected chi connectivity index (χ4v) is 5.08. The molecule has 0 unspecified atom stereocenters. The molecule has 0 radical (unpaired) electrons. The molecule has 0 atom stereocenters. The van der Waals surface area contributed by atoms with Gasteiger partial charge in [0, 0.05) is 37.5 Å². The number of Topliss-reactive ketones (excluding diaryl/α,β-unsaturated/α-hetero) is 2. The lowest BCUT2D eigenvalue weighted by atomic mass is 9.73. The quantitative estimate of drug-likeness (QED) is 0.370. The smallest absolute Gasteiger partial charge is 0.168 e. The third-order valence-corrected chi connectivity index (χ3v) is 6.68. The Morgan fingerprint density at radius 1 is 1.06 bits per heavy atom. The lowest BCUT2D eigenvalue weighted by Gasteiger charge is -2.31. The molecule has 1 saturated carbocycles. The number of rotatable bonds is 4. The van der Waals surface area contributed by atoms with E-state index in [0.29, 0.717) is 60.4 Å². The summed E-state index contributed by atoms with van der Waals surface area (Å²) in [6.07, 6.45) is 3.42. The van der Waals surface area contributed by atoms with Crippen molar-refractivity contribution in [3.05, 3.63) is 70.8 Å². The predicted octanol–water partition coefficient (Wildman–Crippen LogP) is 6.25. The summed E-state index contributed by atoms with van der Waals surface area (Å²) in [5, 5.41) is 17.2. The standard InChI is InChI=1S/C28H28N2O4/c1-28(2)15-21(29-19-10-5-8-17-7-3-4-9-18(17)19)26(24(33)16-28)23(32)14-13-20-27-22(31)11-6-12-25(27)34-30-20/h3-5,7-10,32H,6,11-16H2,1-2H3/b26-23+,29-21?. The molecule has 1 fully saturated rings. The van der Waals surface area contributed by atoms with Crippen LogP contribution in [-0.4, -0.2) is 27.5 Å². The van der Waals surface area contributed by atoms with E-state index in [4.69, 9.17) is 9.52 Å². The van der Waals surface area contributed by atoms with Gasteiger partial charge in [0.15, 0.2) is 11.6 Å². The monoisotopic (exact) mass is 456 g/mol. The van der Waals surface area contributed by atoms with Gasteiger partial charge in [-0.2, -0.15) is 0 Å². The van der Waals surface area contributed by atoms with Crippen LogP contribution >= 0.6 is 0 Å². The lowest BCUT2D eigenvalue weighted by Crippen LogP contribution is -2.32. The third kappa shape index (κ3) is 4.20. The van der Waals surface area contributed by atoms with Crippen molar-refractivity contribution >= 4 is 33.7 Å². The summed E-state index contributed by atoms with van der Waals surface area (Å²) >= 11 is 0. The topological polar surface area (TPSA) is 92.8 Å². The van der Waals surface area contributed by atoms with Gasteiger partial charge in [0.25, 0.3) is 0 Å². The highest BCUT2D eigenvalue weighted by molar-refractivity contribution is 6.25. The Morgan fingerprint density at radius 3 is 2.71 bits per heavy atom. The first-order valence-electron chi connectivity index (χ1n) is 11.8. The Kier molecular flexibility index (Phi) is 5.68. The summed E-state index contributed by atoms with van der Waals surface area (Å²) in [6.45, 7) is 4.09. The highest BCUT2D eigenvalue weighted by Crippen LogP contribution is 2.38. The molecule has 6 heteroatoms. The van der Waals surface area contributed by atoms with Crippen LogP contribution in [-0.2, 0) is 17.6 Å². The predicted molar refractivity (Wildman–Crippen MR) is 131 cm³/mol. The lowest BCUT2D eigenvalue weighted by molar-refractivity contribution is -0.117. The normalized spacial score (nSPS) is 20.6. The Morgan fingerprint density at radius 2 is 1.85 bits per heavy atom. The van der Waals surface area contributed by atoms with E-state index in [-0.39, 0.29) is 29.2 Å². The molecule has 1 heterocycles. The average Bonchev–Trinajstić information content (AvgIpc) is 3.21. The minimum Gasteiger partial charge on any atom is -0.511 e. The number of aliphatic hydroxyl groups is 1. The van der Waals surface area contributed by atoms with Gasteiger partial charge >= 0.3 is 0 Å². The molecule has 0 spiro atoms. The Hall–Kier alpha value is -3.54. The zero-order valence-corrected chi connectivity index (χ0v) is 19.6. The maximum absolute atomic E-state index is 13.2. The molecular formula is C28H28N2O4. The van der Waals surface area contributed by atoms with Gasteiger partial charge in [-0.05, 0) is 29.7 Å². The van der Waals surface area contributed by atoms with Crippen LogP contribution in [0.2, 0.25) is 0 Å². The fourth-order valence-electron chi connectivity index (χ4n) is 5.08. The van der Waals surface area contributed by atoms with Crippen LogP contribution in [0.5, 0.6) is 0 Å². The van der Waals surface area contributed by atoms with Gasteiger partial charge in [0.1, 0.15) is 11.5 Å². The molecule has 0 amide bonds. The van der Waals surface area contributed by atoms with Gasteiger partial charge in [0.2, 0.25) is 0 Å². The zero-order chi connectivity index (χ0) is 23.9. The second-order valence-electron chi connectivity index (χ2n) is 10.0. The van der Waals surface area contributed by atoms with Gasteiger partial charge < -0.3 is 9.63 Å². The van der Waals surface area contributed by atoms with Crippen molar-refractivity contribution < 1.29 is 19.2 Å². The fraction of sp³-hybridized carbons (Fsp3) is 0.357. The highest BCUT2D eigenvalue weighted by Gasteiger charge is 2.36. The number of hydrogen-bond acceptors (Lipinski definition) is 6. The molecule has 34 heavy (non-hydrogen) atoms. The van der Waals surface area contributed by atoms with Crippen LogP contribution in [0.15, 0.2) is 63.3 Å². The van der Waals surface area contributed by atoms with Crippen molar-refractivity contribution in [2.45, 2.75) is 58.8 Å². The number of allylic oxidation sites excluding steroid dienone is 2. The van der Waals surface area contributed by atoms with Gasteiger partial charge in [-0.1, -0.05) is 55.4 Å². The number of aliphatic hydroxyl groups excluding tert-OH is 1. The number of fused-ring (bicyclic) bond motifs is 2. The molecule has 0 bridgehead atoms. The van der Waals surface area contributed by atoms with Crippen LogP contribution < -0.4 is 0 Å². The van der Waals surface area contributed by atoms with Crippen LogP contribution in [0.25, 0.3) is 10.8 Å². The van der Waals surface area contributed by atoms with Gasteiger partial charge in [-0.25, -0.2) is 0 Å². The summed E-state index contributed by atoms with van der Waals surface area (Å²) in [4.78, 5) is 30.4. The van der Waals surface area contributed by atoms with E-state index in [1.54, 1.807) is 0 Å². The largest absolute Gasteiger partial charge is 0.511 e. The molecule has 0 aliphatic heterocycles. The van der Waals surface area contributed by atoms with E-state index < -0.39 is 0 Å². The molecule has 2 aliphatic carbocycles. The molecule has 0 saturated heterocycles. The number of nitrogens with zero attached hydrogens (tertiary/aromatic N) is 2. The maximum atomic E-state index is 13.2. The van der Waals surface area contributed by atoms with E-state index in [2.05, 4.69) is 5.16 Å². The number of aromatic nitrogens is 1. The number of benzene rings is 2. The SMILES string of the molecule is CC1(C)CC(=O)/C(=C(/O)CCc2noc3c2C(=O)CCC3)C(=Nc2cccc3ccccc23)C1. The number of aryl methyl sites for hydroxylation is 2. The number of hydrogen-bond donors (Lipinski definition) is 1. The first kappa shape index (κ1) is 22.3. The zero-order valence-electron chi connectivity index (χ0n) is 19.6. The van der Waals surface area contributed by atoms with Crippen molar-refractivity contribution in [1.29, 1.82) is 0 Å². The maximum Gasteiger partial charge on any atom is 0.168 e. The molecular weight excluding hydrogens is 428 g/mol. The second kappa shape index (κ2) is 8.67. The average molecular weight is 457 g/mol. The van der Waals surface area contributed by atoms with Crippen molar-refractivity contribution in [1.82, 2.24) is 5.16 Å². The molecule has 1 N–H and O–H groups in total. The molecule has 2 aliphatic rings. The highest BCUT2D eigenvalue weighted by atomic mass is 16.5. The molecule has 6 nitrogen and oxygen atoms in total. The summed E-state index contributed by atoms with van der Waals surface area (Å²) in [6, 6.07) is 13.9. The molecule has 174 valence electrons. The number of carbonyl (C=O) groups is 2.